The number of H-pyrrole nitrogens is 1. The fourth-order valence-electron chi connectivity index (χ4n) is 6.88. The number of ether oxygens (including phenoxy) is 3. The summed E-state index contributed by atoms with van der Waals surface area (Å²) in [7, 11) is 4.92. The van der Waals surface area contributed by atoms with Gasteiger partial charge in [-0.3, -0.25) is 9.59 Å². The van der Waals surface area contributed by atoms with Gasteiger partial charge in [-0.25, -0.2) is 24.9 Å². The lowest BCUT2D eigenvalue weighted by molar-refractivity contribution is -0.138. The topological polar surface area (TPSA) is 282 Å². The Morgan fingerprint density at radius 2 is 1.04 bits per heavy atom. The van der Waals surface area contributed by atoms with Crippen molar-refractivity contribution < 1.29 is 34.0 Å². The fraction of sp³-hybridized carbons (Fsp3) is 0.314. The van der Waals surface area contributed by atoms with E-state index in [0.717, 1.165) is 66.0 Å². The minimum atomic E-state index is -0.764. The predicted octanol–water partition coefficient (Wildman–Crippen LogP) is 11.5. The Labute approximate surface area is 478 Å². The van der Waals surface area contributed by atoms with Crippen LogP contribution in [0.4, 0.5) is 5.82 Å². The van der Waals surface area contributed by atoms with Crippen molar-refractivity contribution in [3.63, 3.8) is 0 Å². The summed E-state index contributed by atoms with van der Waals surface area (Å²) in [6.45, 7) is 2.54. The van der Waals surface area contributed by atoms with Gasteiger partial charge >= 0.3 is 11.9 Å². The molecule has 6 heterocycles. The van der Waals surface area contributed by atoms with Crippen LogP contribution in [-0.2, 0) is 28.6 Å². The zero-order valence-corrected chi connectivity index (χ0v) is 47.1. The molecule has 27 heteroatoms. The molecule has 21 nitrogen and oxygen atoms in total. The Bertz CT molecular complexity index is 3250. The van der Waals surface area contributed by atoms with Crippen molar-refractivity contribution in [2.75, 3.05) is 39.7 Å². The highest BCUT2D eigenvalue weighted by atomic mass is 35.5. The number of halogens is 6. The molecule has 0 aliphatic heterocycles. The molecule has 0 saturated carbocycles. The monoisotopic (exact) mass is 1190 g/mol. The molecule has 9 aromatic rings. The molecule has 0 radical (unpaired) electrons. The Kier molecular flexibility index (Phi) is 26.1. The molecule has 0 saturated heterocycles. The van der Waals surface area contributed by atoms with Crippen molar-refractivity contribution in [1.29, 1.82) is 0 Å². The number of nitrogens with one attached hydrogen (secondary N) is 2. The third-order valence-corrected chi connectivity index (χ3v) is 12.2. The van der Waals surface area contributed by atoms with Crippen LogP contribution in [0.1, 0.15) is 68.1 Å². The van der Waals surface area contributed by atoms with Crippen molar-refractivity contribution in [3.8, 4) is 17.2 Å². The molecule has 0 atom stereocenters. The van der Waals surface area contributed by atoms with Crippen LogP contribution < -0.4 is 25.3 Å². The quantitative estimate of drug-likeness (QED) is 0.0205. The first-order valence-electron chi connectivity index (χ1n) is 23.9. The van der Waals surface area contributed by atoms with E-state index in [1.807, 2.05) is 81.9 Å². The maximum absolute atomic E-state index is 10.5. The Hall–Kier alpha value is -6.85. The normalized spacial score (nSPS) is 10.5. The number of aliphatic carboxylic acids is 2. The molecule has 3 aromatic carbocycles. The standard InChI is InChI=1S/C19H22ClN5O3.C13H10Cl2N4O.C8H9ClO.C6H13NO2.C5H2Cl2N4/c1-28-14-8-6-13(7-9-14)11-25-12-22-16-17(23-19(20)24-18(16)25)21-10-4-2-3-5-15(26)27;1-20-9-4-2-8(3-5-9)6-19-7-16-10-11(14)17-13(15)18-12(10)19;1-10-8-4-2-7(6-9)3-5-8;7-5-3-1-2-4-6(8)9;6-3-2-4(9-1-8-2)11-5(7)10-3/h6-9,12H,2-5,10-11H2,1H3,(H,26,27)(H,21,23,24);2-5,7H,6H2,1H3;2-5H,6H2,1H3;1-5,7H2,(H,8,9);1H,(H,8,9,10,11). The number of hydrogen-bond acceptors (Lipinski definition) is 16. The number of unbranched alkanes of at least 4 members (excludes halogenated alkanes) is 4. The molecular formula is C51H56Cl6N14O7. The highest BCUT2D eigenvalue weighted by Crippen LogP contribution is 2.25. The number of aromatic nitrogens is 12. The summed E-state index contributed by atoms with van der Waals surface area (Å²) in [6, 6.07) is 23.3. The molecule has 6 aromatic heterocycles. The van der Waals surface area contributed by atoms with Gasteiger partial charge in [0.2, 0.25) is 15.9 Å². The molecule has 6 N–H and O–H groups in total. The summed E-state index contributed by atoms with van der Waals surface area (Å²) < 4.78 is 19.1. The summed E-state index contributed by atoms with van der Waals surface area (Å²) in [5, 5.41) is 21.0. The predicted molar refractivity (Wildman–Crippen MR) is 304 cm³/mol. The molecule has 9 rings (SSSR count). The number of nitrogens with zero attached hydrogens (tertiary/aromatic N) is 11. The van der Waals surface area contributed by atoms with Crippen LogP contribution in [0.2, 0.25) is 26.2 Å². The van der Waals surface area contributed by atoms with E-state index in [-0.39, 0.29) is 39.0 Å². The molecule has 0 fully saturated rings. The van der Waals surface area contributed by atoms with Crippen LogP contribution in [0.3, 0.4) is 0 Å². The lowest BCUT2D eigenvalue weighted by Gasteiger charge is -2.08. The Morgan fingerprint density at radius 1 is 0.577 bits per heavy atom. The number of carboxylic acids is 2. The smallest absolute Gasteiger partial charge is 0.303 e. The van der Waals surface area contributed by atoms with E-state index >= 15 is 0 Å². The number of methoxy groups -OCH3 is 3. The minimum absolute atomic E-state index is 0.106. The Balaban J connectivity index is 0.000000194. The molecule has 414 valence electrons. The number of hydrogen-bond donors (Lipinski definition) is 5. The third-order valence-electron chi connectivity index (χ3n) is 10.8. The highest BCUT2D eigenvalue weighted by molar-refractivity contribution is 6.35. The van der Waals surface area contributed by atoms with Gasteiger partial charge in [0.05, 0.1) is 53.4 Å². The molecule has 0 aliphatic carbocycles. The summed E-state index contributed by atoms with van der Waals surface area (Å²) >= 11 is 34.7. The fourth-order valence-corrected chi connectivity index (χ4v) is 8.07. The number of benzene rings is 3. The summed E-state index contributed by atoms with van der Waals surface area (Å²) in [5.74, 6) is 2.16. The lowest BCUT2D eigenvalue weighted by atomic mass is 10.2. The number of anilines is 1. The zero-order valence-electron chi connectivity index (χ0n) is 42.6. The van der Waals surface area contributed by atoms with Gasteiger partial charge in [0.1, 0.15) is 28.3 Å². The number of rotatable bonds is 20. The van der Waals surface area contributed by atoms with E-state index in [0.29, 0.717) is 77.8 Å². The highest BCUT2D eigenvalue weighted by Gasteiger charge is 2.14. The van der Waals surface area contributed by atoms with Gasteiger partial charge in [-0.2, -0.15) is 19.9 Å². The van der Waals surface area contributed by atoms with Crippen LogP contribution in [0, 0.1) is 0 Å². The first-order valence-corrected chi connectivity index (χ1v) is 26.3. The van der Waals surface area contributed by atoms with Crippen molar-refractivity contribution in [2.45, 2.75) is 70.3 Å². The number of carbonyl (C=O) groups is 2. The second-order valence-corrected chi connectivity index (χ2v) is 18.4. The third kappa shape index (κ3) is 20.2. The van der Waals surface area contributed by atoms with E-state index in [1.54, 1.807) is 34.0 Å². The van der Waals surface area contributed by atoms with Crippen LogP contribution in [0.15, 0.2) is 91.8 Å². The maximum atomic E-state index is 10.5. The van der Waals surface area contributed by atoms with Crippen LogP contribution in [0.5, 0.6) is 17.2 Å². The second-order valence-electron chi connectivity index (χ2n) is 16.4. The van der Waals surface area contributed by atoms with Gasteiger partial charge < -0.3 is 49.6 Å². The summed E-state index contributed by atoms with van der Waals surface area (Å²) in [6.07, 6.45) is 10.3. The van der Waals surface area contributed by atoms with Gasteiger partial charge in [0.15, 0.2) is 38.6 Å². The van der Waals surface area contributed by atoms with Crippen LogP contribution in [-0.4, -0.2) is 116 Å². The van der Waals surface area contributed by atoms with E-state index in [4.69, 9.17) is 99.8 Å². The largest absolute Gasteiger partial charge is 0.497 e. The SMILES string of the molecule is COc1ccc(CCl)cc1.COc1ccc(Cn2cnc3c(Cl)nc(Cl)nc32)cc1.COc1ccc(Cn2cnc3c(NCCCCCC(=O)O)nc(Cl)nc32)cc1.Clc1nc(Cl)c2[nH]cnc2n1.NCCCCCC(=O)O. The van der Waals surface area contributed by atoms with Crippen molar-refractivity contribution >= 4 is 121 Å². The molecule has 0 aliphatic rings. The molecule has 0 unspecified atom stereocenters. The van der Waals surface area contributed by atoms with Gasteiger partial charge in [-0.1, -0.05) is 72.4 Å². The molecule has 0 amide bonds. The average molecular weight is 1190 g/mol. The van der Waals surface area contributed by atoms with E-state index in [2.05, 4.69) is 55.2 Å². The number of imidazole rings is 3. The van der Waals surface area contributed by atoms with Crippen molar-refractivity contribution in [1.82, 2.24) is 59.0 Å². The van der Waals surface area contributed by atoms with E-state index in [1.165, 1.54) is 6.33 Å². The minimum Gasteiger partial charge on any atom is -0.497 e. The van der Waals surface area contributed by atoms with E-state index in [9.17, 15) is 9.59 Å². The summed E-state index contributed by atoms with van der Waals surface area (Å²) in [5.41, 5.74) is 12.1. The summed E-state index contributed by atoms with van der Waals surface area (Å²) in [4.78, 5) is 59.9. The van der Waals surface area contributed by atoms with E-state index < -0.39 is 11.9 Å². The molecule has 0 spiro atoms. The first kappa shape index (κ1) is 62.0. The van der Waals surface area contributed by atoms with Crippen LogP contribution >= 0.6 is 69.6 Å². The number of fused-ring (bicyclic) bond motifs is 3. The first-order chi connectivity index (χ1) is 37.6. The molecular weight excluding hydrogens is 1130 g/mol. The molecule has 0 bridgehead atoms. The Morgan fingerprint density at radius 3 is 1.54 bits per heavy atom. The number of aromatic amines is 1. The lowest BCUT2D eigenvalue weighted by Crippen LogP contribution is -2.06. The van der Waals surface area contributed by atoms with Gasteiger partial charge in [-0.05, 0) is 120 Å². The number of carboxylic acid groups (broad SMARTS) is 2. The van der Waals surface area contributed by atoms with Crippen LogP contribution in [0.25, 0.3) is 33.5 Å². The zero-order chi connectivity index (χ0) is 56.4. The maximum Gasteiger partial charge on any atom is 0.303 e. The number of alkyl halides is 1. The van der Waals surface area contributed by atoms with Gasteiger partial charge in [0, 0.05) is 25.3 Å². The van der Waals surface area contributed by atoms with Crippen molar-refractivity contribution in [2.24, 2.45) is 5.73 Å². The van der Waals surface area contributed by atoms with Crippen molar-refractivity contribution in [3.05, 3.63) is 135 Å². The number of nitrogens with two attached hydrogens (primary N) is 1. The van der Waals surface area contributed by atoms with Gasteiger partial charge in [-0.15, -0.1) is 11.6 Å². The molecule has 78 heavy (non-hydrogen) atoms. The van der Waals surface area contributed by atoms with Gasteiger partial charge in [0.25, 0.3) is 0 Å². The second kappa shape index (κ2) is 32.8. The average Bonchev–Trinajstić information content (AvgIpc) is 4.19.